The maximum atomic E-state index is 12.8. The van der Waals surface area contributed by atoms with Gasteiger partial charge in [-0.15, -0.1) is 10.2 Å². The third-order valence-electron chi connectivity index (χ3n) is 4.12. The van der Waals surface area contributed by atoms with E-state index < -0.39 is 17.6 Å². The van der Waals surface area contributed by atoms with Crippen molar-refractivity contribution in [2.75, 3.05) is 11.1 Å². The largest absolute Gasteiger partial charge is 0.416 e. The molecule has 2 N–H and O–H groups in total. The Morgan fingerprint density at radius 1 is 1.20 bits per heavy atom. The highest BCUT2D eigenvalue weighted by molar-refractivity contribution is 7.99. The van der Waals surface area contributed by atoms with E-state index in [1.165, 1.54) is 0 Å². The molecule has 2 heterocycles. The van der Waals surface area contributed by atoms with E-state index in [1.807, 2.05) is 24.3 Å². The maximum absolute atomic E-state index is 12.8. The molecule has 30 heavy (non-hydrogen) atoms. The van der Waals surface area contributed by atoms with Gasteiger partial charge >= 0.3 is 6.18 Å². The van der Waals surface area contributed by atoms with Crippen LogP contribution in [0.3, 0.4) is 0 Å². The first-order valence-electron chi connectivity index (χ1n) is 8.50. The smallest absolute Gasteiger partial charge is 0.411 e. The van der Waals surface area contributed by atoms with Gasteiger partial charge in [0.25, 0.3) is 11.1 Å². The number of para-hydroxylation sites is 1. The highest BCUT2D eigenvalue weighted by atomic mass is 35.5. The Bertz CT molecular complexity index is 1220. The number of hydrogen-bond acceptors (Lipinski definition) is 5. The summed E-state index contributed by atoms with van der Waals surface area (Å²) < 4.78 is 44.1. The summed E-state index contributed by atoms with van der Waals surface area (Å²) in [4.78, 5) is 15.2. The molecule has 0 aliphatic heterocycles. The second-order valence-electron chi connectivity index (χ2n) is 6.15. The maximum Gasteiger partial charge on any atom is 0.416 e. The molecule has 4 rings (SSSR count). The van der Waals surface area contributed by atoms with Gasteiger partial charge in [-0.1, -0.05) is 41.6 Å². The number of H-pyrrole nitrogens is 1. The van der Waals surface area contributed by atoms with Crippen LogP contribution in [0.1, 0.15) is 5.56 Å². The summed E-state index contributed by atoms with van der Waals surface area (Å²) in [6.45, 7) is 0. The van der Waals surface area contributed by atoms with Crippen molar-refractivity contribution in [3.05, 3.63) is 59.2 Å². The summed E-state index contributed by atoms with van der Waals surface area (Å²) in [5, 5.41) is 11.3. The topological polar surface area (TPSA) is 83.8 Å². The van der Waals surface area contributed by atoms with Gasteiger partial charge < -0.3 is 14.7 Å². The monoisotopic (exact) mass is 452 g/mol. The lowest BCUT2D eigenvalue weighted by Crippen LogP contribution is -2.15. The van der Waals surface area contributed by atoms with E-state index in [9.17, 15) is 18.0 Å². The summed E-state index contributed by atoms with van der Waals surface area (Å²) in [6.07, 6.45) is -2.80. The quantitative estimate of drug-likeness (QED) is 0.384. The van der Waals surface area contributed by atoms with Gasteiger partial charge in [0.05, 0.1) is 27.6 Å². The van der Waals surface area contributed by atoms with Gasteiger partial charge in [0, 0.05) is 17.1 Å². The first kappa shape index (κ1) is 20.3. The van der Waals surface area contributed by atoms with E-state index in [0.717, 1.165) is 46.4 Å². The van der Waals surface area contributed by atoms with Crippen LogP contribution in [0.5, 0.6) is 0 Å². The van der Waals surface area contributed by atoms with E-state index in [-0.39, 0.29) is 27.6 Å². The van der Waals surface area contributed by atoms with E-state index in [2.05, 4.69) is 20.5 Å². The number of alkyl halides is 3. The van der Waals surface area contributed by atoms with Crippen molar-refractivity contribution in [1.29, 1.82) is 0 Å². The molecule has 2 aromatic heterocycles. The number of nitrogens with one attached hydrogen (secondary N) is 2. The standard InChI is InChI=1S/C19H12ClF3N4O2S/c20-13-6-5-10(19(21,22)23)7-15(13)25-16(28)9-30-18-27-26-17(29-18)12-8-24-14-4-2-1-3-11(12)14/h1-8,24H,9H2,(H,25,28). The summed E-state index contributed by atoms with van der Waals surface area (Å²) in [7, 11) is 0. The van der Waals surface area contributed by atoms with Gasteiger partial charge in [0.2, 0.25) is 5.91 Å². The Morgan fingerprint density at radius 2 is 2.00 bits per heavy atom. The Morgan fingerprint density at radius 3 is 2.80 bits per heavy atom. The van der Waals surface area contributed by atoms with Crippen LogP contribution < -0.4 is 5.32 Å². The molecule has 0 spiro atoms. The number of carbonyl (C=O) groups excluding carboxylic acids is 1. The normalized spacial score (nSPS) is 11.7. The van der Waals surface area contributed by atoms with E-state index in [4.69, 9.17) is 16.0 Å². The number of amides is 1. The predicted octanol–water partition coefficient (Wildman–Crippen LogP) is 5.62. The Labute approximate surface area is 176 Å². The number of thioether (sulfide) groups is 1. The van der Waals surface area contributed by atoms with Crippen molar-refractivity contribution in [3.8, 4) is 11.5 Å². The lowest BCUT2D eigenvalue weighted by atomic mass is 10.2. The average Bonchev–Trinajstić information content (AvgIpc) is 3.33. The minimum atomic E-state index is -4.54. The predicted molar refractivity (Wildman–Crippen MR) is 107 cm³/mol. The van der Waals surface area contributed by atoms with Crippen LogP contribution in [0.4, 0.5) is 18.9 Å². The number of aromatic amines is 1. The molecule has 154 valence electrons. The van der Waals surface area contributed by atoms with Gasteiger partial charge in [0.15, 0.2) is 0 Å². The molecule has 0 aliphatic rings. The zero-order chi connectivity index (χ0) is 21.3. The number of hydrogen-bond donors (Lipinski definition) is 2. The van der Waals surface area contributed by atoms with Gasteiger partial charge in [-0.2, -0.15) is 13.2 Å². The molecule has 4 aromatic rings. The molecule has 0 aliphatic carbocycles. The molecule has 0 atom stereocenters. The molecule has 0 fully saturated rings. The van der Waals surface area contributed by atoms with Crippen LogP contribution >= 0.6 is 23.4 Å². The lowest BCUT2D eigenvalue weighted by Gasteiger charge is -2.11. The number of halogens is 4. The van der Waals surface area contributed by atoms with Gasteiger partial charge in [-0.3, -0.25) is 4.79 Å². The Kier molecular flexibility index (Phi) is 5.44. The Hall–Kier alpha value is -2.98. The molecule has 0 saturated carbocycles. The van der Waals surface area contributed by atoms with Crippen molar-refractivity contribution < 1.29 is 22.4 Å². The minimum Gasteiger partial charge on any atom is -0.411 e. The second-order valence-corrected chi connectivity index (χ2v) is 7.48. The highest BCUT2D eigenvalue weighted by Gasteiger charge is 2.31. The van der Waals surface area contributed by atoms with Gasteiger partial charge in [-0.25, -0.2) is 0 Å². The third-order valence-corrected chi connectivity index (χ3v) is 5.27. The molecule has 0 radical (unpaired) electrons. The SMILES string of the molecule is O=C(CSc1nnc(-c2c[nH]c3ccccc23)o1)Nc1cc(C(F)(F)F)ccc1Cl. The van der Waals surface area contributed by atoms with Crippen LogP contribution in [0, 0.1) is 0 Å². The fourth-order valence-corrected chi connectivity index (χ4v) is 3.46. The van der Waals surface area contributed by atoms with Crippen LogP contribution in [0.25, 0.3) is 22.4 Å². The van der Waals surface area contributed by atoms with Crippen molar-refractivity contribution in [2.45, 2.75) is 11.4 Å². The molecule has 0 unspecified atom stereocenters. The molecular weight excluding hydrogens is 441 g/mol. The van der Waals surface area contributed by atoms with Gasteiger partial charge in [-0.05, 0) is 24.3 Å². The van der Waals surface area contributed by atoms with Crippen molar-refractivity contribution in [1.82, 2.24) is 15.2 Å². The number of carbonyl (C=O) groups is 1. The molecule has 6 nitrogen and oxygen atoms in total. The van der Waals surface area contributed by atoms with Crippen molar-refractivity contribution in [3.63, 3.8) is 0 Å². The molecular formula is C19H12ClF3N4O2S. The highest BCUT2D eigenvalue weighted by Crippen LogP contribution is 2.34. The fourth-order valence-electron chi connectivity index (χ4n) is 2.74. The number of anilines is 1. The van der Waals surface area contributed by atoms with E-state index >= 15 is 0 Å². The van der Waals surface area contributed by atoms with E-state index in [1.54, 1.807) is 6.20 Å². The first-order chi connectivity index (χ1) is 14.3. The van der Waals surface area contributed by atoms with Crippen LogP contribution in [0.2, 0.25) is 5.02 Å². The lowest BCUT2D eigenvalue weighted by molar-refractivity contribution is -0.137. The third kappa shape index (κ3) is 4.29. The van der Waals surface area contributed by atoms with Crippen LogP contribution in [-0.2, 0) is 11.0 Å². The fraction of sp³-hybridized carbons (Fsp3) is 0.105. The second kappa shape index (κ2) is 8.04. The van der Waals surface area contributed by atoms with Crippen LogP contribution in [-0.4, -0.2) is 26.8 Å². The summed E-state index contributed by atoms with van der Waals surface area (Å²) in [5.74, 6) is -0.424. The summed E-state index contributed by atoms with van der Waals surface area (Å²) >= 11 is 6.84. The average molecular weight is 453 g/mol. The molecule has 2 aromatic carbocycles. The van der Waals surface area contributed by atoms with Crippen molar-refractivity contribution in [2.24, 2.45) is 0 Å². The van der Waals surface area contributed by atoms with Crippen LogP contribution in [0.15, 0.2) is 58.3 Å². The number of rotatable bonds is 5. The Balaban J connectivity index is 1.42. The summed E-state index contributed by atoms with van der Waals surface area (Å²) in [5.41, 5.74) is 0.611. The molecule has 11 heteroatoms. The zero-order valence-corrected chi connectivity index (χ0v) is 16.5. The number of benzene rings is 2. The molecule has 0 bridgehead atoms. The summed E-state index contributed by atoms with van der Waals surface area (Å²) in [6, 6.07) is 10.3. The van der Waals surface area contributed by atoms with E-state index in [0.29, 0.717) is 0 Å². The minimum absolute atomic E-state index is 0.000706. The first-order valence-corrected chi connectivity index (χ1v) is 9.87. The van der Waals surface area contributed by atoms with Crippen molar-refractivity contribution >= 4 is 45.9 Å². The molecule has 1 amide bonds. The number of fused-ring (bicyclic) bond motifs is 1. The number of aromatic nitrogens is 3. The number of nitrogens with zero attached hydrogens (tertiary/aromatic N) is 2. The zero-order valence-electron chi connectivity index (χ0n) is 15.0. The molecule has 0 saturated heterocycles. The van der Waals surface area contributed by atoms with Gasteiger partial charge in [0.1, 0.15) is 0 Å².